The Labute approximate surface area is 143 Å². The minimum Gasteiger partial charge on any atom is -0.341 e. The predicted molar refractivity (Wildman–Crippen MR) is 93.3 cm³/mol. The number of halogens is 1. The van der Waals surface area contributed by atoms with E-state index < -0.39 is 10.0 Å². The van der Waals surface area contributed by atoms with Crippen molar-refractivity contribution in [3.05, 3.63) is 29.3 Å². The zero-order chi connectivity index (χ0) is 17.0. The molecular formula is C16H23ClN2O3S. The van der Waals surface area contributed by atoms with Crippen LogP contribution in [0.1, 0.15) is 32.1 Å². The lowest BCUT2D eigenvalue weighted by atomic mass is 9.94. The van der Waals surface area contributed by atoms with Gasteiger partial charge in [0.15, 0.2) is 0 Å². The van der Waals surface area contributed by atoms with Gasteiger partial charge in [0.05, 0.1) is 17.0 Å². The van der Waals surface area contributed by atoms with E-state index in [-0.39, 0.29) is 18.5 Å². The number of amides is 1. The molecule has 0 bridgehead atoms. The fourth-order valence-electron chi connectivity index (χ4n) is 2.94. The molecule has 5 nitrogen and oxygen atoms in total. The highest BCUT2D eigenvalue weighted by atomic mass is 35.5. The van der Waals surface area contributed by atoms with Gasteiger partial charge in [0, 0.05) is 13.1 Å². The number of rotatable bonds is 5. The number of likely N-dealkylation sites (N-methyl/N-ethyl adjacent to an activating group) is 1. The maximum absolute atomic E-state index is 12.6. The van der Waals surface area contributed by atoms with Crippen molar-refractivity contribution in [3.8, 4) is 0 Å². The summed E-state index contributed by atoms with van der Waals surface area (Å²) < 4.78 is 25.3. The van der Waals surface area contributed by atoms with Gasteiger partial charge in [-0.15, -0.1) is 0 Å². The third kappa shape index (κ3) is 4.61. The van der Waals surface area contributed by atoms with Crippen LogP contribution in [0.15, 0.2) is 24.3 Å². The van der Waals surface area contributed by atoms with E-state index in [1.807, 2.05) is 0 Å². The molecule has 1 fully saturated rings. The van der Waals surface area contributed by atoms with Crippen LogP contribution in [-0.2, 0) is 14.8 Å². The number of hydrogen-bond donors (Lipinski definition) is 0. The normalized spacial score (nSPS) is 16.1. The van der Waals surface area contributed by atoms with E-state index in [2.05, 4.69) is 0 Å². The van der Waals surface area contributed by atoms with Crippen LogP contribution in [0, 0.1) is 0 Å². The van der Waals surface area contributed by atoms with Gasteiger partial charge < -0.3 is 4.90 Å². The van der Waals surface area contributed by atoms with Gasteiger partial charge >= 0.3 is 0 Å². The summed E-state index contributed by atoms with van der Waals surface area (Å²) in [6.45, 7) is -0.227. The van der Waals surface area contributed by atoms with Gasteiger partial charge in [-0.1, -0.05) is 43.0 Å². The number of nitrogens with zero attached hydrogens (tertiary/aromatic N) is 2. The summed E-state index contributed by atoms with van der Waals surface area (Å²) in [4.78, 5) is 14.2. The molecule has 1 saturated carbocycles. The van der Waals surface area contributed by atoms with Crippen LogP contribution in [0.3, 0.4) is 0 Å². The lowest BCUT2D eigenvalue weighted by Crippen LogP contribution is -2.45. The first-order valence-corrected chi connectivity index (χ1v) is 10.0. The predicted octanol–water partition coefficient (Wildman–Crippen LogP) is 2.90. The number of benzene rings is 1. The molecule has 1 amide bonds. The fraction of sp³-hybridized carbons (Fsp3) is 0.562. The van der Waals surface area contributed by atoms with Crippen molar-refractivity contribution in [1.82, 2.24) is 4.90 Å². The van der Waals surface area contributed by atoms with Crippen LogP contribution in [0.25, 0.3) is 0 Å². The Kier molecular flexibility index (Phi) is 5.92. The van der Waals surface area contributed by atoms with Crippen molar-refractivity contribution in [2.75, 3.05) is 24.2 Å². The van der Waals surface area contributed by atoms with E-state index >= 15 is 0 Å². The quantitative estimate of drug-likeness (QED) is 0.813. The number of para-hydroxylation sites is 1. The maximum Gasteiger partial charge on any atom is 0.243 e. The summed E-state index contributed by atoms with van der Waals surface area (Å²) in [5.41, 5.74) is 0.335. The van der Waals surface area contributed by atoms with Gasteiger partial charge in [-0.25, -0.2) is 8.42 Å². The van der Waals surface area contributed by atoms with Gasteiger partial charge in [0.2, 0.25) is 15.9 Å². The maximum atomic E-state index is 12.6. The lowest BCUT2D eigenvalue weighted by molar-refractivity contribution is -0.130. The first-order valence-electron chi connectivity index (χ1n) is 7.78. The van der Waals surface area contributed by atoms with Crippen LogP contribution in [0.5, 0.6) is 0 Å². The molecule has 1 aromatic carbocycles. The zero-order valence-electron chi connectivity index (χ0n) is 13.5. The Balaban J connectivity index is 2.18. The molecule has 128 valence electrons. The van der Waals surface area contributed by atoms with Crippen LogP contribution in [0.4, 0.5) is 5.69 Å². The highest BCUT2D eigenvalue weighted by Gasteiger charge is 2.27. The molecule has 0 saturated heterocycles. The van der Waals surface area contributed by atoms with Crippen LogP contribution in [0.2, 0.25) is 5.02 Å². The summed E-state index contributed by atoms with van der Waals surface area (Å²) in [5, 5.41) is 0.311. The molecule has 2 rings (SSSR count). The number of anilines is 1. The zero-order valence-corrected chi connectivity index (χ0v) is 15.1. The molecule has 0 spiro atoms. The minimum absolute atomic E-state index is 0.198. The molecule has 0 unspecified atom stereocenters. The Morgan fingerprint density at radius 1 is 1.22 bits per heavy atom. The number of carbonyl (C=O) groups excluding carboxylic acids is 1. The summed E-state index contributed by atoms with van der Waals surface area (Å²) in [6.07, 6.45) is 6.48. The van der Waals surface area contributed by atoms with Gasteiger partial charge in [0.25, 0.3) is 0 Å². The highest BCUT2D eigenvalue weighted by Crippen LogP contribution is 2.28. The highest BCUT2D eigenvalue weighted by molar-refractivity contribution is 7.92. The SMILES string of the molecule is CN(C(=O)CN(c1ccccc1Cl)S(C)(=O)=O)C1CCCCC1. The second kappa shape index (κ2) is 7.53. The third-order valence-electron chi connectivity index (χ3n) is 4.32. The number of hydrogen-bond acceptors (Lipinski definition) is 3. The molecule has 23 heavy (non-hydrogen) atoms. The van der Waals surface area contributed by atoms with Crippen LogP contribution >= 0.6 is 11.6 Å². The Bertz CT molecular complexity index is 657. The molecule has 1 aliphatic rings. The topological polar surface area (TPSA) is 57.7 Å². The van der Waals surface area contributed by atoms with E-state index in [4.69, 9.17) is 11.6 Å². The van der Waals surface area contributed by atoms with E-state index in [1.54, 1.807) is 36.2 Å². The average molecular weight is 359 g/mol. The Hall–Kier alpha value is -1.27. The van der Waals surface area contributed by atoms with Crippen molar-refractivity contribution in [3.63, 3.8) is 0 Å². The summed E-state index contributed by atoms with van der Waals surface area (Å²) in [7, 11) is -1.84. The third-order valence-corrected chi connectivity index (χ3v) is 5.76. The molecule has 0 aliphatic heterocycles. The average Bonchev–Trinajstić information content (AvgIpc) is 2.52. The van der Waals surface area contributed by atoms with E-state index in [9.17, 15) is 13.2 Å². The van der Waals surface area contributed by atoms with Gasteiger partial charge in [-0.05, 0) is 25.0 Å². The first kappa shape index (κ1) is 18.1. The Morgan fingerprint density at radius 2 is 1.83 bits per heavy atom. The smallest absolute Gasteiger partial charge is 0.243 e. The van der Waals surface area contributed by atoms with Crippen molar-refractivity contribution in [2.45, 2.75) is 38.1 Å². The second-order valence-electron chi connectivity index (χ2n) is 6.02. The van der Waals surface area contributed by atoms with E-state index in [0.717, 1.165) is 36.2 Å². The van der Waals surface area contributed by atoms with Crippen molar-refractivity contribution in [1.29, 1.82) is 0 Å². The monoisotopic (exact) mass is 358 g/mol. The van der Waals surface area contributed by atoms with Gasteiger partial charge in [0.1, 0.15) is 6.54 Å². The Morgan fingerprint density at radius 3 is 2.39 bits per heavy atom. The van der Waals surface area contributed by atoms with Crippen molar-refractivity contribution < 1.29 is 13.2 Å². The molecule has 1 aromatic rings. The van der Waals surface area contributed by atoms with Crippen LogP contribution < -0.4 is 4.31 Å². The fourth-order valence-corrected chi connectivity index (χ4v) is 4.09. The van der Waals surface area contributed by atoms with Gasteiger partial charge in [-0.2, -0.15) is 0 Å². The molecule has 0 aromatic heterocycles. The van der Waals surface area contributed by atoms with Crippen molar-refractivity contribution in [2.24, 2.45) is 0 Å². The molecule has 0 atom stereocenters. The molecule has 1 aliphatic carbocycles. The summed E-state index contributed by atoms with van der Waals surface area (Å²) in [5.74, 6) is -0.206. The second-order valence-corrected chi connectivity index (χ2v) is 8.33. The molecule has 0 radical (unpaired) electrons. The van der Waals surface area contributed by atoms with Crippen LogP contribution in [-0.4, -0.2) is 45.1 Å². The minimum atomic E-state index is -3.60. The van der Waals surface area contributed by atoms with Crippen molar-refractivity contribution >= 4 is 33.2 Å². The van der Waals surface area contributed by atoms with Gasteiger partial charge in [-0.3, -0.25) is 9.10 Å². The standard InChI is InChI=1S/C16H23ClN2O3S/c1-18(13-8-4-3-5-9-13)16(20)12-19(23(2,21)22)15-11-7-6-10-14(15)17/h6-7,10-11,13H,3-5,8-9,12H2,1-2H3. The summed E-state index contributed by atoms with van der Waals surface area (Å²) >= 11 is 6.11. The molecule has 0 heterocycles. The number of carbonyl (C=O) groups is 1. The largest absolute Gasteiger partial charge is 0.341 e. The van der Waals surface area contributed by atoms with E-state index in [1.165, 1.54) is 6.42 Å². The molecule has 7 heteroatoms. The number of sulfonamides is 1. The summed E-state index contributed by atoms with van der Waals surface area (Å²) in [6, 6.07) is 6.85. The molecule has 0 N–H and O–H groups in total. The van der Waals surface area contributed by atoms with E-state index in [0.29, 0.717) is 10.7 Å². The molecular weight excluding hydrogens is 336 g/mol. The first-order chi connectivity index (χ1) is 10.8. The lowest BCUT2D eigenvalue weighted by Gasteiger charge is -2.33.